The molecule has 0 bridgehead atoms. The normalized spacial score (nSPS) is 18.0. The molecule has 0 unspecified atom stereocenters. The first kappa shape index (κ1) is 11.0. The van der Waals surface area contributed by atoms with E-state index in [1.54, 1.807) is 7.11 Å². The Kier molecular flexibility index (Phi) is 3.02. The average molecular weight is 290 g/mol. The van der Waals surface area contributed by atoms with E-state index >= 15 is 0 Å². The number of ether oxygens (including phenoxy) is 1. The predicted molar refractivity (Wildman–Crippen MR) is 65.3 cm³/mol. The fourth-order valence-corrected chi connectivity index (χ4v) is 3.38. The molecule has 1 aliphatic heterocycles. The summed E-state index contributed by atoms with van der Waals surface area (Å²) in [5, 5.41) is 0. The summed E-state index contributed by atoms with van der Waals surface area (Å²) in [4.78, 5) is 0. The molecular formula is C10H12BrNO2S. The van der Waals surface area contributed by atoms with Crippen molar-refractivity contribution in [1.29, 1.82) is 0 Å². The topological polar surface area (TPSA) is 38.7 Å². The summed E-state index contributed by atoms with van der Waals surface area (Å²) in [5.41, 5.74) is 0.757. The Hall–Kier alpha value is -0.550. The highest BCUT2D eigenvalue weighted by Gasteiger charge is 2.19. The largest absolute Gasteiger partial charge is 0.496 e. The van der Waals surface area contributed by atoms with Crippen LogP contribution in [-0.4, -0.2) is 22.8 Å². The molecule has 1 heterocycles. The Bertz CT molecular complexity index is 482. The van der Waals surface area contributed by atoms with Gasteiger partial charge in [-0.25, -0.2) is 4.21 Å². The molecule has 0 N–H and O–H groups in total. The Morgan fingerprint density at radius 2 is 2.20 bits per heavy atom. The second-order valence-electron chi connectivity index (χ2n) is 3.44. The second-order valence-corrected chi connectivity index (χ2v) is 6.84. The molecule has 15 heavy (non-hydrogen) atoms. The van der Waals surface area contributed by atoms with Crippen LogP contribution in [0.4, 0.5) is 5.69 Å². The standard InChI is InChI=1S/C10H12BrNO2S/c1-14-10-4-3-8(7-9(10)11)12-15(13)5-2-6-15/h3-4,7H,2,5-6H2,1H3. The first-order chi connectivity index (χ1) is 7.13. The van der Waals surface area contributed by atoms with E-state index in [1.165, 1.54) is 0 Å². The van der Waals surface area contributed by atoms with Gasteiger partial charge < -0.3 is 4.74 Å². The third-order valence-electron chi connectivity index (χ3n) is 2.33. The number of methoxy groups -OCH3 is 1. The van der Waals surface area contributed by atoms with Crippen molar-refractivity contribution >= 4 is 31.3 Å². The minimum Gasteiger partial charge on any atom is -0.496 e. The predicted octanol–water partition coefficient (Wildman–Crippen LogP) is 2.96. The summed E-state index contributed by atoms with van der Waals surface area (Å²) in [6.45, 7) is 0. The van der Waals surface area contributed by atoms with Crippen molar-refractivity contribution in [3.8, 4) is 5.75 Å². The van der Waals surface area contributed by atoms with Crippen LogP contribution >= 0.6 is 15.9 Å². The lowest BCUT2D eigenvalue weighted by atomic mass is 10.3. The average Bonchev–Trinajstić information content (AvgIpc) is 2.16. The summed E-state index contributed by atoms with van der Waals surface area (Å²) in [6, 6.07) is 5.49. The molecule has 0 atom stereocenters. The summed E-state index contributed by atoms with van der Waals surface area (Å²) in [7, 11) is -0.301. The maximum Gasteiger partial charge on any atom is 0.133 e. The van der Waals surface area contributed by atoms with E-state index < -0.39 is 9.73 Å². The molecule has 1 aliphatic rings. The van der Waals surface area contributed by atoms with Crippen molar-refractivity contribution in [3.63, 3.8) is 0 Å². The molecule has 1 aromatic rings. The minimum atomic E-state index is -1.91. The lowest BCUT2D eigenvalue weighted by molar-refractivity contribution is 0.412. The maximum atomic E-state index is 11.9. The van der Waals surface area contributed by atoms with Crippen molar-refractivity contribution in [2.24, 2.45) is 4.36 Å². The van der Waals surface area contributed by atoms with E-state index in [2.05, 4.69) is 20.3 Å². The monoisotopic (exact) mass is 289 g/mol. The van der Waals surface area contributed by atoms with Gasteiger partial charge in [0.15, 0.2) is 0 Å². The van der Waals surface area contributed by atoms with Gasteiger partial charge in [0.1, 0.15) is 5.75 Å². The van der Waals surface area contributed by atoms with Crippen LogP contribution in [0.3, 0.4) is 0 Å². The minimum absolute atomic E-state index is 0.733. The zero-order valence-corrected chi connectivity index (χ0v) is 10.8. The number of halogens is 1. The summed E-state index contributed by atoms with van der Waals surface area (Å²) in [6.07, 6.45) is 1.03. The maximum absolute atomic E-state index is 11.9. The van der Waals surface area contributed by atoms with Crippen LogP contribution in [-0.2, 0) is 9.73 Å². The van der Waals surface area contributed by atoms with Gasteiger partial charge in [-0.2, -0.15) is 4.36 Å². The van der Waals surface area contributed by atoms with Crippen molar-refractivity contribution in [2.45, 2.75) is 6.42 Å². The summed E-state index contributed by atoms with van der Waals surface area (Å²) >= 11 is 3.38. The molecule has 0 amide bonds. The summed E-state index contributed by atoms with van der Waals surface area (Å²) in [5.74, 6) is 2.23. The molecule has 1 fully saturated rings. The van der Waals surface area contributed by atoms with Crippen LogP contribution in [0.5, 0.6) is 5.75 Å². The van der Waals surface area contributed by atoms with Gasteiger partial charge in [-0.3, -0.25) is 0 Å². The number of hydrogen-bond donors (Lipinski definition) is 0. The van der Waals surface area contributed by atoms with E-state index in [4.69, 9.17) is 4.74 Å². The zero-order chi connectivity index (χ0) is 10.9. The molecule has 0 aliphatic carbocycles. The van der Waals surface area contributed by atoms with Crippen LogP contribution in [0.1, 0.15) is 6.42 Å². The summed E-state index contributed by atoms with van der Waals surface area (Å²) < 4.78 is 22.1. The molecule has 82 valence electrons. The van der Waals surface area contributed by atoms with Gasteiger partial charge in [-0.15, -0.1) is 0 Å². The van der Waals surface area contributed by atoms with Gasteiger partial charge in [0.2, 0.25) is 0 Å². The van der Waals surface area contributed by atoms with Crippen molar-refractivity contribution in [2.75, 3.05) is 18.6 Å². The highest BCUT2D eigenvalue weighted by Crippen LogP contribution is 2.30. The van der Waals surface area contributed by atoms with Crippen LogP contribution < -0.4 is 4.74 Å². The van der Waals surface area contributed by atoms with Gasteiger partial charge in [-0.05, 0) is 40.5 Å². The first-order valence-corrected chi connectivity index (χ1v) is 7.34. The molecule has 0 saturated carbocycles. The molecule has 0 spiro atoms. The van der Waals surface area contributed by atoms with Crippen LogP contribution in [0.25, 0.3) is 0 Å². The van der Waals surface area contributed by atoms with Crippen molar-refractivity contribution in [3.05, 3.63) is 22.7 Å². The quantitative estimate of drug-likeness (QED) is 0.840. The number of rotatable bonds is 2. The van der Waals surface area contributed by atoms with E-state index in [-0.39, 0.29) is 0 Å². The molecule has 1 saturated heterocycles. The Labute approximate surface area is 98.1 Å². The first-order valence-electron chi connectivity index (χ1n) is 4.69. The number of hydrogen-bond acceptors (Lipinski definition) is 3. The number of benzene rings is 1. The molecule has 3 nitrogen and oxygen atoms in total. The molecule has 0 radical (unpaired) electrons. The van der Waals surface area contributed by atoms with Gasteiger partial charge in [0.25, 0.3) is 0 Å². The number of nitrogens with zero attached hydrogens (tertiary/aromatic N) is 1. The third kappa shape index (κ3) is 2.34. The molecule has 1 aromatic carbocycles. The van der Waals surface area contributed by atoms with Gasteiger partial charge >= 0.3 is 0 Å². The zero-order valence-electron chi connectivity index (χ0n) is 8.40. The smallest absolute Gasteiger partial charge is 0.133 e. The lowest BCUT2D eigenvalue weighted by Crippen LogP contribution is -2.22. The SMILES string of the molecule is COc1ccc(N=S2(=O)CCC2)cc1Br. The highest BCUT2D eigenvalue weighted by atomic mass is 79.9. The van der Waals surface area contributed by atoms with Gasteiger partial charge in [-0.1, -0.05) is 0 Å². The Morgan fingerprint density at radius 3 is 2.67 bits per heavy atom. The fraction of sp³-hybridized carbons (Fsp3) is 0.400. The van der Waals surface area contributed by atoms with Crippen LogP contribution in [0.15, 0.2) is 27.0 Å². The highest BCUT2D eigenvalue weighted by molar-refractivity contribution is 9.10. The van der Waals surface area contributed by atoms with Gasteiger partial charge in [0, 0.05) is 11.5 Å². The van der Waals surface area contributed by atoms with Crippen LogP contribution in [0, 0.1) is 0 Å². The third-order valence-corrected chi connectivity index (χ3v) is 5.35. The van der Waals surface area contributed by atoms with E-state index in [1.807, 2.05) is 18.2 Å². The van der Waals surface area contributed by atoms with E-state index in [9.17, 15) is 4.21 Å². The molecule has 5 heteroatoms. The van der Waals surface area contributed by atoms with E-state index in [0.717, 1.165) is 33.8 Å². The van der Waals surface area contributed by atoms with Gasteiger partial charge in [0.05, 0.1) is 27.0 Å². The van der Waals surface area contributed by atoms with Crippen LogP contribution in [0.2, 0.25) is 0 Å². The Morgan fingerprint density at radius 1 is 1.47 bits per heavy atom. The van der Waals surface area contributed by atoms with Crippen molar-refractivity contribution < 1.29 is 8.95 Å². The Balaban J connectivity index is 2.35. The second kappa shape index (κ2) is 4.14. The lowest BCUT2D eigenvalue weighted by Gasteiger charge is -2.17. The fourth-order valence-electron chi connectivity index (χ4n) is 1.39. The van der Waals surface area contributed by atoms with E-state index in [0.29, 0.717) is 0 Å². The molecular weight excluding hydrogens is 278 g/mol. The van der Waals surface area contributed by atoms with Crippen molar-refractivity contribution in [1.82, 2.24) is 0 Å². The molecule has 2 rings (SSSR count). The molecule has 0 aromatic heterocycles.